The molecule has 26 heavy (non-hydrogen) atoms. The molecule has 0 bridgehead atoms. The van der Waals surface area contributed by atoms with Gasteiger partial charge >= 0.3 is 0 Å². The summed E-state index contributed by atoms with van der Waals surface area (Å²) in [5, 5.41) is 39.8. The van der Waals surface area contributed by atoms with E-state index in [1.54, 1.807) is 0 Å². The van der Waals surface area contributed by atoms with Crippen LogP contribution in [0.4, 0.5) is 0 Å². The number of benzene rings is 1. The largest absolute Gasteiger partial charge is 0.394 e. The normalized spacial score (nSPS) is 29.0. The molecule has 0 aromatic heterocycles. The number of rotatable bonds is 10. The summed E-state index contributed by atoms with van der Waals surface area (Å²) in [4.78, 5) is 0. The van der Waals surface area contributed by atoms with Crippen molar-refractivity contribution < 1.29 is 25.2 Å². The average molecular weight is 366 g/mol. The highest BCUT2D eigenvalue weighted by Crippen LogP contribution is 2.34. The van der Waals surface area contributed by atoms with E-state index < -0.39 is 37.1 Å². The summed E-state index contributed by atoms with van der Waals surface area (Å²) in [7, 11) is 0. The molecule has 2 rings (SSSR count). The molecule has 148 valence electrons. The monoisotopic (exact) mass is 366 g/mol. The van der Waals surface area contributed by atoms with E-state index in [0.717, 1.165) is 24.0 Å². The van der Waals surface area contributed by atoms with Crippen molar-refractivity contribution in [2.75, 3.05) is 6.61 Å². The van der Waals surface area contributed by atoms with E-state index in [1.807, 2.05) is 24.3 Å². The summed E-state index contributed by atoms with van der Waals surface area (Å²) >= 11 is 0. The number of aryl methyl sites for hydroxylation is 1. The Morgan fingerprint density at radius 2 is 1.50 bits per heavy atom. The van der Waals surface area contributed by atoms with Crippen LogP contribution in [0.25, 0.3) is 0 Å². The van der Waals surface area contributed by atoms with Gasteiger partial charge in [-0.15, -0.1) is 0 Å². The van der Waals surface area contributed by atoms with Crippen LogP contribution >= 0.6 is 0 Å². The molecule has 0 spiro atoms. The quantitative estimate of drug-likeness (QED) is 0.478. The molecule has 1 aromatic carbocycles. The van der Waals surface area contributed by atoms with Crippen molar-refractivity contribution in [1.82, 2.24) is 0 Å². The molecule has 0 amide bonds. The summed E-state index contributed by atoms with van der Waals surface area (Å²) in [5.41, 5.74) is 1.92. The van der Waals surface area contributed by atoms with Crippen LogP contribution in [0, 0.1) is 0 Å². The van der Waals surface area contributed by atoms with Crippen LogP contribution in [0.2, 0.25) is 0 Å². The fourth-order valence-electron chi connectivity index (χ4n) is 3.67. The summed E-state index contributed by atoms with van der Waals surface area (Å²) in [5.74, 6) is 0. The molecule has 0 aliphatic carbocycles. The second-order valence-corrected chi connectivity index (χ2v) is 7.32. The Labute approximate surface area is 156 Å². The number of hydrogen-bond acceptors (Lipinski definition) is 5. The van der Waals surface area contributed by atoms with Gasteiger partial charge in [-0.1, -0.05) is 69.7 Å². The minimum atomic E-state index is -1.34. The van der Waals surface area contributed by atoms with Crippen molar-refractivity contribution in [3.63, 3.8) is 0 Å². The van der Waals surface area contributed by atoms with E-state index in [9.17, 15) is 20.4 Å². The van der Waals surface area contributed by atoms with Crippen molar-refractivity contribution in [1.29, 1.82) is 0 Å². The molecule has 4 N–H and O–H groups in total. The highest BCUT2D eigenvalue weighted by Gasteiger charge is 2.44. The van der Waals surface area contributed by atoms with Gasteiger partial charge in [-0.2, -0.15) is 0 Å². The first-order valence-electron chi connectivity index (χ1n) is 9.98. The summed E-state index contributed by atoms with van der Waals surface area (Å²) in [6.07, 6.45) is 4.03. The van der Waals surface area contributed by atoms with Gasteiger partial charge in [-0.3, -0.25) is 0 Å². The number of ether oxygens (including phenoxy) is 1. The summed E-state index contributed by atoms with van der Waals surface area (Å²) in [6.45, 7) is 1.82. The SMILES string of the molecule is CCCCCCCCCc1ccccc1C1O[C@H](CO)[C@H](O)[C@H](O)[C@H]1O. The number of aliphatic hydroxyl groups is 4. The van der Waals surface area contributed by atoms with Crippen molar-refractivity contribution >= 4 is 0 Å². The van der Waals surface area contributed by atoms with Gasteiger partial charge in [0.15, 0.2) is 0 Å². The lowest BCUT2D eigenvalue weighted by Gasteiger charge is -2.40. The van der Waals surface area contributed by atoms with Crippen LogP contribution in [-0.2, 0) is 11.2 Å². The third kappa shape index (κ3) is 5.51. The van der Waals surface area contributed by atoms with Gasteiger partial charge in [0.05, 0.1) is 6.61 Å². The Morgan fingerprint density at radius 3 is 2.19 bits per heavy atom. The van der Waals surface area contributed by atoms with E-state index in [-0.39, 0.29) is 0 Å². The predicted octanol–water partition coefficient (Wildman–Crippen LogP) is 2.49. The third-order valence-electron chi connectivity index (χ3n) is 5.30. The molecule has 1 aliphatic heterocycles. The van der Waals surface area contributed by atoms with Gasteiger partial charge in [-0.25, -0.2) is 0 Å². The Kier molecular flexibility index (Phi) is 9.02. The smallest absolute Gasteiger partial charge is 0.113 e. The maximum Gasteiger partial charge on any atom is 0.113 e. The maximum absolute atomic E-state index is 10.4. The molecule has 1 fully saturated rings. The lowest BCUT2D eigenvalue weighted by atomic mass is 9.88. The van der Waals surface area contributed by atoms with Crippen LogP contribution in [0.3, 0.4) is 0 Å². The lowest BCUT2D eigenvalue weighted by Crippen LogP contribution is -2.55. The van der Waals surface area contributed by atoms with Crippen molar-refractivity contribution in [3.05, 3.63) is 35.4 Å². The fourth-order valence-corrected chi connectivity index (χ4v) is 3.67. The molecular formula is C21H34O5. The lowest BCUT2D eigenvalue weighted by molar-refractivity contribution is -0.231. The average Bonchev–Trinajstić information content (AvgIpc) is 2.66. The second kappa shape index (κ2) is 11.0. The van der Waals surface area contributed by atoms with Crippen LogP contribution < -0.4 is 0 Å². The topological polar surface area (TPSA) is 90.2 Å². The molecule has 1 saturated heterocycles. The molecule has 1 heterocycles. The van der Waals surface area contributed by atoms with Crippen molar-refractivity contribution in [3.8, 4) is 0 Å². The first-order valence-corrected chi connectivity index (χ1v) is 9.98. The Bertz CT molecular complexity index is 519. The maximum atomic E-state index is 10.4. The zero-order valence-electron chi connectivity index (χ0n) is 15.8. The molecule has 0 saturated carbocycles. The third-order valence-corrected chi connectivity index (χ3v) is 5.30. The number of hydrogen-bond donors (Lipinski definition) is 4. The molecule has 1 aliphatic rings. The van der Waals surface area contributed by atoms with Gasteiger partial charge in [0.2, 0.25) is 0 Å². The predicted molar refractivity (Wildman–Crippen MR) is 101 cm³/mol. The Hall–Kier alpha value is -0.980. The van der Waals surface area contributed by atoms with E-state index in [0.29, 0.717) is 0 Å². The minimum absolute atomic E-state index is 0.401. The molecule has 5 heteroatoms. The molecule has 5 atom stereocenters. The fraction of sp³-hybridized carbons (Fsp3) is 0.714. The second-order valence-electron chi connectivity index (χ2n) is 7.32. The van der Waals surface area contributed by atoms with Crippen LogP contribution in [-0.4, -0.2) is 51.4 Å². The highest BCUT2D eigenvalue weighted by atomic mass is 16.5. The van der Waals surface area contributed by atoms with Crippen LogP contribution in [0.15, 0.2) is 24.3 Å². The van der Waals surface area contributed by atoms with Gasteiger partial charge < -0.3 is 25.2 Å². The van der Waals surface area contributed by atoms with Gasteiger partial charge in [-0.05, 0) is 24.0 Å². The minimum Gasteiger partial charge on any atom is -0.394 e. The van der Waals surface area contributed by atoms with Gasteiger partial charge in [0, 0.05) is 0 Å². The zero-order valence-corrected chi connectivity index (χ0v) is 15.8. The summed E-state index contributed by atoms with van der Waals surface area (Å²) in [6, 6.07) is 7.76. The van der Waals surface area contributed by atoms with E-state index in [4.69, 9.17) is 4.74 Å². The van der Waals surface area contributed by atoms with Crippen LogP contribution in [0.1, 0.15) is 69.1 Å². The van der Waals surface area contributed by atoms with E-state index in [1.165, 1.54) is 38.5 Å². The van der Waals surface area contributed by atoms with Crippen molar-refractivity contribution in [2.24, 2.45) is 0 Å². The number of unbranched alkanes of at least 4 members (excludes halogenated alkanes) is 6. The van der Waals surface area contributed by atoms with Crippen molar-refractivity contribution in [2.45, 2.75) is 88.8 Å². The molecule has 1 unspecified atom stereocenters. The molecule has 1 aromatic rings. The zero-order chi connectivity index (χ0) is 18.9. The van der Waals surface area contributed by atoms with E-state index in [2.05, 4.69) is 6.92 Å². The number of aliphatic hydroxyl groups excluding tert-OH is 4. The summed E-state index contributed by atoms with van der Waals surface area (Å²) < 4.78 is 5.72. The van der Waals surface area contributed by atoms with Gasteiger partial charge in [0.25, 0.3) is 0 Å². The Morgan fingerprint density at radius 1 is 0.846 bits per heavy atom. The first-order chi connectivity index (χ1) is 12.6. The van der Waals surface area contributed by atoms with Gasteiger partial charge in [0.1, 0.15) is 30.5 Å². The van der Waals surface area contributed by atoms with Crippen LogP contribution in [0.5, 0.6) is 0 Å². The first kappa shape index (κ1) is 21.3. The molecular weight excluding hydrogens is 332 g/mol. The standard InChI is InChI=1S/C21H34O5/c1-2-3-4-5-6-7-8-11-15-12-9-10-13-16(15)21-20(25)19(24)18(23)17(14-22)26-21/h9-10,12-13,17-25H,2-8,11,14H2,1H3/t17-,18+,19+,20-,21?/m1/s1. The Balaban J connectivity index is 1.97. The molecule has 0 radical (unpaired) electrons. The van der Waals surface area contributed by atoms with E-state index >= 15 is 0 Å². The highest BCUT2D eigenvalue weighted by molar-refractivity contribution is 5.31. The molecule has 5 nitrogen and oxygen atoms in total.